The number of hydrogen-bond acceptors (Lipinski definition) is 3. The van der Waals surface area contributed by atoms with E-state index in [1.807, 2.05) is 19.9 Å². The molecule has 0 aromatic carbocycles. The van der Waals surface area contributed by atoms with Crippen molar-refractivity contribution in [3.05, 3.63) is 44.3 Å². The van der Waals surface area contributed by atoms with Crippen LogP contribution in [0.15, 0.2) is 28.1 Å². The third-order valence-corrected chi connectivity index (χ3v) is 4.42. The zero-order valence-corrected chi connectivity index (χ0v) is 12.5. The lowest BCUT2D eigenvalue weighted by Gasteiger charge is -2.15. The number of thiophene rings is 1. The zero-order valence-electron chi connectivity index (χ0n) is 10.1. The highest BCUT2D eigenvalue weighted by atomic mass is 79.9. The Labute approximate surface area is 114 Å². The highest BCUT2D eigenvalue weighted by Gasteiger charge is 2.09. The predicted molar refractivity (Wildman–Crippen MR) is 77.8 cm³/mol. The van der Waals surface area contributed by atoms with Crippen molar-refractivity contribution in [2.24, 2.45) is 0 Å². The minimum absolute atomic E-state index is 0.300. The fourth-order valence-electron chi connectivity index (χ4n) is 1.70. The highest BCUT2D eigenvalue weighted by Crippen LogP contribution is 2.29. The lowest BCUT2D eigenvalue weighted by Crippen LogP contribution is -2.07. The van der Waals surface area contributed by atoms with Gasteiger partial charge in [0, 0.05) is 10.6 Å². The Hall–Kier alpha value is -0.870. The van der Waals surface area contributed by atoms with E-state index in [9.17, 15) is 0 Å². The molecule has 0 bridgehead atoms. The fourth-order valence-corrected chi connectivity index (χ4v) is 3.13. The van der Waals surface area contributed by atoms with Crippen molar-refractivity contribution in [1.82, 2.24) is 4.98 Å². The molecule has 1 unspecified atom stereocenters. The van der Waals surface area contributed by atoms with E-state index in [4.69, 9.17) is 0 Å². The summed E-state index contributed by atoms with van der Waals surface area (Å²) >= 11 is 5.25. The first-order chi connectivity index (χ1) is 8.06. The molecule has 0 aliphatic carbocycles. The van der Waals surface area contributed by atoms with E-state index in [1.54, 1.807) is 11.3 Å². The van der Waals surface area contributed by atoms with E-state index in [1.165, 1.54) is 8.66 Å². The van der Waals surface area contributed by atoms with Gasteiger partial charge in [-0.3, -0.25) is 4.98 Å². The molecule has 1 N–H and O–H groups in total. The summed E-state index contributed by atoms with van der Waals surface area (Å²) < 4.78 is 1.17. The molecule has 2 nitrogen and oxygen atoms in total. The van der Waals surface area contributed by atoms with E-state index < -0.39 is 0 Å². The summed E-state index contributed by atoms with van der Waals surface area (Å²) in [5.74, 6) is 0. The molecule has 0 radical (unpaired) electrons. The molecule has 0 amide bonds. The van der Waals surface area contributed by atoms with Crippen molar-refractivity contribution in [1.29, 1.82) is 0 Å². The third kappa shape index (κ3) is 3.07. The topological polar surface area (TPSA) is 24.9 Å². The van der Waals surface area contributed by atoms with Gasteiger partial charge in [-0.25, -0.2) is 0 Å². The highest BCUT2D eigenvalue weighted by molar-refractivity contribution is 9.11. The number of hydrogen-bond donors (Lipinski definition) is 1. The standard InChI is InChI=1S/C13H15BrN2S/c1-8-4-5-11(9(2)15-8)16-10(3)12-6-7-13(14)17-12/h4-7,10,16H,1-3H3. The molecule has 0 saturated heterocycles. The number of rotatable bonds is 3. The van der Waals surface area contributed by atoms with Crippen LogP contribution >= 0.6 is 27.3 Å². The Balaban J connectivity index is 2.15. The van der Waals surface area contributed by atoms with Crippen LogP contribution in [-0.2, 0) is 0 Å². The van der Waals surface area contributed by atoms with Crippen molar-refractivity contribution in [3.63, 3.8) is 0 Å². The van der Waals surface area contributed by atoms with Gasteiger partial charge in [0.25, 0.3) is 0 Å². The number of halogens is 1. The van der Waals surface area contributed by atoms with E-state index in [-0.39, 0.29) is 0 Å². The molecule has 2 aromatic rings. The molecule has 17 heavy (non-hydrogen) atoms. The van der Waals surface area contributed by atoms with Gasteiger partial charge in [-0.15, -0.1) is 11.3 Å². The lowest BCUT2D eigenvalue weighted by atomic mass is 10.2. The average Bonchev–Trinajstić information content (AvgIpc) is 2.69. The SMILES string of the molecule is Cc1ccc(NC(C)c2ccc(Br)s2)c(C)n1. The maximum atomic E-state index is 4.46. The summed E-state index contributed by atoms with van der Waals surface area (Å²) in [6, 6.07) is 8.65. The molecule has 90 valence electrons. The molecular formula is C13H15BrN2S. The molecule has 0 saturated carbocycles. The van der Waals surface area contributed by atoms with E-state index in [0.29, 0.717) is 6.04 Å². The number of pyridine rings is 1. The van der Waals surface area contributed by atoms with E-state index in [2.05, 4.69) is 51.4 Å². The third-order valence-electron chi connectivity index (χ3n) is 2.62. The van der Waals surface area contributed by atoms with Gasteiger partial charge in [-0.2, -0.15) is 0 Å². The summed E-state index contributed by atoms with van der Waals surface area (Å²) in [6.45, 7) is 6.21. The van der Waals surface area contributed by atoms with Gasteiger partial charge >= 0.3 is 0 Å². The number of nitrogens with zero attached hydrogens (tertiary/aromatic N) is 1. The van der Waals surface area contributed by atoms with Gasteiger partial charge in [0.1, 0.15) is 0 Å². The van der Waals surface area contributed by atoms with Crippen LogP contribution in [0.3, 0.4) is 0 Å². The molecule has 4 heteroatoms. The smallest absolute Gasteiger partial charge is 0.0702 e. The van der Waals surface area contributed by atoms with Crippen LogP contribution in [-0.4, -0.2) is 4.98 Å². The maximum Gasteiger partial charge on any atom is 0.0702 e. The zero-order chi connectivity index (χ0) is 12.4. The predicted octanol–water partition coefficient (Wildman–Crippen LogP) is 4.70. The Morgan fingerprint density at radius 3 is 2.59 bits per heavy atom. The normalized spacial score (nSPS) is 12.5. The van der Waals surface area contributed by atoms with Gasteiger partial charge in [0.2, 0.25) is 0 Å². The molecule has 0 aliphatic heterocycles. The number of nitrogens with one attached hydrogen (secondary N) is 1. The molecule has 1 atom stereocenters. The Morgan fingerprint density at radius 2 is 2.00 bits per heavy atom. The summed E-state index contributed by atoms with van der Waals surface area (Å²) in [4.78, 5) is 5.77. The average molecular weight is 311 g/mol. The van der Waals surface area contributed by atoms with E-state index >= 15 is 0 Å². The van der Waals surface area contributed by atoms with Crippen molar-refractivity contribution in [2.45, 2.75) is 26.8 Å². The lowest BCUT2D eigenvalue weighted by molar-refractivity contribution is 0.900. The largest absolute Gasteiger partial charge is 0.376 e. The van der Waals surface area contributed by atoms with Gasteiger partial charge in [0.05, 0.1) is 21.2 Å². The molecule has 0 spiro atoms. The van der Waals surface area contributed by atoms with Crippen LogP contribution in [0.1, 0.15) is 29.2 Å². The second-order valence-corrected chi connectivity index (χ2v) is 6.59. The Kier molecular flexibility index (Phi) is 3.84. The molecule has 2 heterocycles. The number of aromatic nitrogens is 1. The summed E-state index contributed by atoms with van der Waals surface area (Å²) in [5, 5.41) is 3.49. The van der Waals surface area contributed by atoms with Crippen LogP contribution in [0.25, 0.3) is 0 Å². The van der Waals surface area contributed by atoms with Crippen molar-refractivity contribution < 1.29 is 0 Å². The second kappa shape index (κ2) is 5.19. The fraction of sp³-hybridized carbons (Fsp3) is 0.308. The van der Waals surface area contributed by atoms with Crippen LogP contribution < -0.4 is 5.32 Å². The quantitative estimate of drug-likeness (QED) is 0.889. The molecule has 2 rings (SSSR count). The minimum atomic E-state index is 0.300. The van der Waals surface area contributed by atoms with Crippen molar-refractivity contribution >= 4 is 33.0 Å². The van der Waals surface area contributed by atoms with Gasteiger partial charge in [0.15, 0.2) is 0 Å². The second-order valence-electron chi connectivity index (χ2n) is 4.09. The van der Waals surface area contributed by atoms with Crippen LogP contribution in [0.2, 0.25) is 0 Å². The molecule has 0 aliphatic rings. The number of aryl methyl sites for hydroxylation is 2. The first-order valence-corrected chi connectivity index (χ1v) is 7.13. The van der Waals surface area contributed by atoms with Crippen molar-refractivity contribution in [2.75, 3.05) is 5.32 Å². The molecular weight excluding hydrogens is 296 g/mol. The van der Waals surface area contributed by atoms with Gasteiger partial charge in [-0.1, -0.05) is 0 Å². The van der Waals surface area contributed by atoms with Crippen LogP contribution in [0.5, 0.6) is 0 Å². The van der Waals surface area contributed by atoms with Crippen LogP contribution in [0, 0.1) is 13.8 Å². The first kappa shape index (κ1) is 12.6. The summed E-state index contributed by atoms with van der Waals surface area (Å²) in [7, 11) is 0. The maximum absolute atomic E-state index is 4.46. The molecule has 2 aromatic heterocycles. The van der Waals surface area contributed by atoms with Crippen molar-refractivity contribution in [3.8, 4) is 0 Å². The number of anilines is 1. The molecule has 0 fully saturated rings. The van der Waals surface area contributed by atoms with Crippen LogP contribution in [0.4, 0.5) is 5.69 Å². The van der Waals surface area contributed by atoms with Gasteiger partial charge < -0.3 is 5.32 Å². The summed E-state index contributed by atoms with van der Waals surface area (Å²) in [6.07, 6.45) is 0. The monoisotopic (exact) mass is 310 g/mol. The van der Waals surface area contributed by atoms with E-state index in [0.717, 1.165) is 17.1 Å². The minimum Gasteiger partial charge on any atom is -0.376 e. The first-order valence-electron chi connectivity index (χ1n) is 5.52. The Bertz CT molecular complexity index is 522. The van der Waals surface area contributed by atoms with Gasteiger partial charge in [-0.05, 0) is 61.0 Å². The Morgan fingerprint density at radius 1 is 1.24 bits per heavy atom. The summed E-state index contributed by atoms with van der Waals surface area (Å²) in [5.41, 5.74) is 3.21.